The summed E-state index contributed by atoms with van der Waals surface area (Å²) in [5, 5.41) is 9.41. The van der Waals surface area contributed by atoms with Crippen LogP contribution in [-0.2, 0) is 9.47 Å². The van der Waals surface area contributed by atoms with Gasteiger partial charge in [-0.25, -0.2) is 0 Å². The standard InChI is InChI=1S/C6H13NO3/c1-9-5-4-10-3-2-6(5,7)8/h5,8H,2-4,7H2,1H3. The first-order valence-electron chi connectivity index (χ1n) is 3.28. The van der Waals surface area contributed by atoms with Crippen LogP contribution in [0.25, 0.3) is 0 Å². The Morgan fingerprint density at radius 2 is 2.50 bits per heavy atom. The molecule has 4 heteroatoms. The van der Waals surface area contributed by atoms with Gasteiger partial charge in [0.25, 0.3) is 0 Å². The molecule has 10 heavy (non-hydrogen) atoms. The van der Waals surface area contributed by atoms with E-state index in [9.17, 15) is 5.11 Å². The van der Waals surface area contributed by atoms with E-state index in [2.05, 4.69) is 0 Å². The second-order valence-electron chi connectivity index (χ2n) is 2.54. The van der Waals surface area contributed by atoms with Gasteiger partial charge in [-0.3, -0.25) is 0 Å². The summed E-state index contributed by atoms with van der Waals surface area (Å²) in [5.41, 5.74) is 4.28. The summed E-state index contributed by atoms with van der Waals surface area (Å²) in [5.74, 6) is 0. The van der Waals surface area contributed by atoms with Gasteiger partial charge >= 0.3 is 0 Å². The van der Waals surface area contributed by atoms with E-state index < -0.39 is 5.72 Å². The normalized spacial score (nSPS) is 41.7. The van der Waals surface area contributed by atoms with Gasteiger partial charge < -0.3 is 20.3 Å². The highest BCUT2D eigenvalue weighted by Gasteiger charge is 2.35. The Morgan fingerprint density at radius 1 is 1.80 bits per heavy atom. The number of rotatable bonds is 1. The van der Waals surface area contributed by atoms with E-state index in [4.69, 9.17) is 15.2 Å². The third-order valence-electron chi connectivity index (χ3n) is 1.76. The van der Waals surface area contributed by atoms with Crippen LogP contribution in [0.4, 0.5) is 0 Å². The maximum Gasteiger partial charge on any atom is 0.144 e. The zero-order valence-electron chi connectivity index (χ0n) is 6.04. The molecule has 4 nitrogen and oxygen atoms in total. The first kappa shape index (κ1) is 7.94. The number of hydrogen-bond acceptors (Lipinski definition) is 4. The lowest BCUT2D eigenvalue weighted by molar-refractivity contribution is -0.161. The summed E-state index contributed by atoms with van der Waals surface area (Å²) in [7, 11) is 1.51. The fourth-order valence-electron chi connectivity index (χ4n) is 1.00. The lowest BCUT2D eigenvalue weighted by Gasteiger charge is -2.35. The number of nitrogens with two attached hydrogens (primary N) is 1. The zero-order chi connectivity index (χ0) is 7.61. The van der Waals surface area contributed by atoms with Crippen LogP contribution in [-0.4, -0.2) is 37.3 Å². The molecule has 0 aromatic carbocycles. The van der Waals surface area contributed by atoms with Gasteiger partial charge in [-0.2, -0.15) is 0 Å². The summed E-state index contributed by atoms with van der Waals surface area (Å²) < 4.78 is 9.95. The van der Waals surface area contributed by atoms with Gasteiger partial charge in [0.15, 0.2) is 0 Å². The van der Waals surface area contributed by atoms with Gasteiger partial charge in [0.05, 0.1) is 13.2 Å². The summed E-state index contributed by atoms with van der Waals surface area (Å²) in [6, 6.07) is 0. The first-order valence-corrected chi connectivity index (χ1v) is 3.28. The summed E-state index contributed by atoms with van der Waals surface area (Å²) >= 11 is 0. The molecule has 0 aromatic heterocycles. The van der Waals surface area contributed by atoms with Gasteiger partial charge in [0.1, 0.15) is 11.8 Å². The summed E-state index contributed by atoms with van der Waals surface area (Å²) in [4.78, 5) is 0. The van der Waals surface area contributed by atoms with Crippen LogP contribution in [0, 0.1) is 0 Å². The minimum Gasteiger partial charge on any atom is -0.378 e. The van der Waals surface area contributed by atoms with Gasteiger partial charge in [-0.15, -0.1) is 0 Å². The van der Waals surface area contributed by atoms with Crippen LogP contribution >= 0.6 is 0 Å². The van der Waals surface area contributed by atoms with Crippen LogP contribution in [0.1, 0.15) is 6.42 Å². The van der Waals surface area contributed by atoms with Crippen molar-refractivity contribution in [1.29, 1.82) is 0 Å². The Balaban J connectivity index is 2.51. The van der Waals surface area contributed by atoms with Crippen molar-refractivity contribution in [3.05, 3.63) is 0 Å². The van der Waals surface area contributed by atoms with Crippen LogP contribution in [0.2, 0.25) is 0 Å². The number of ether oxygens (including phenoxy) is 2. The molecule has 2 unspecified atom stereocenters. The van der Waals surface area contributed by atoms with E-state index in [0.29, 0.717) is 19.6 Å². The van der Waals surface area contributed by atoms with Gasteiger partial charge in [-0.05, 0) is 0 Å². The third kappa shape index (κ3) is 1.46. The molecule has 0 saturated carbocycles. The summed E-state index contributed by atoms with van der Waals surface area (Å²) in [6.07, 6.45) is 0.0483. The van der Waals surface area contributed by atoms with Gasteiger partial charge in [-0.1, -0.05) is 0 Å². The van der Waals surface area contributed by atoms with E-state index in [1.54, 1.807) is 0 Å². The Morgan fingerprint density at radius 3 is 2.90 bits per heavy atom. The van der Waals surface area contributed by atoms with Crippen molar-refractivity contribution in [2.45, 2.75) is 18.2 Å². The van der Waals surface area contributed by atoms with Gasteiger partial charge in [0.2, 0.25) is 0 Å². The Hall–Kier alpha value is -0.160. The summed E-state index contributed by atoms with van der Waals surface area (Å²) in [6.45, 7) is 0.885. The molecule has 0 amide bonds. The quantitative estimate of drug-likeness (QED) is 0.470. The van der Waals surface area contributed by atoms with Crippen molar-refractivity contribution in [1.82, 2.24) is 0 Å². The molecule has 0 aliphatic carbocycles. The van der Waals surface area contributed by atoms with Crippen LogP contribution in [0.3, 0.4) is 0 Å². The molecular weight excluding hydrogens is 134 g/mol. The van der Waals surface area contributed by atoms with Crippen LogP contribution in [0.5, 0.6) is 0 Å². The monoisotopic (exact) mass is 147 g/mol. The molecule has 0 radical (unpaired) electrons. The Bertz CT molecular complexity index is 116. The molecule has 0 spiro atoms. The zero-order valence-corrected chi connectivity index (χ0v) is 6.04. The van der Waals surface area contributed by atoms with E-state index in [1.807, 2.05) is 0 Å². The maximum absolute atomic E-state index is 9.41. The topological polar surface area (TPSA) is 64.7 Å². The van der Waals surface area contributed by atoms with Crippen LogP contribution < -0.4 is 5.73 Å². The van der Waals surface area contributed by atoms with Crippen molar-refractivity contribution in [2.24, 2.45) is 5.73 Å². The molecule has 3 N–H and O–H groups in total. The minimum atomic E-state index is -1.20. The SMILES string of the molecule is COC1COCCC1(N)O. The van der Waals surface area contributed by atoms with Crippen molar-refractivity contribution in [2.75, 3.05) is 20.3 Å². The molecule has 1 heterocycles. The lowest BCUT2D eigenvalue weighted by atomic mass is 10.0. The smallest absolute Gasteiger partial charge is 0.144 e. The van der Waals surface area contributed by atoms with E-state index in [0.717, 1.165) is 0 Å². The molecule has 0 aromatic rings. The molecule has 1 saturated heterocycles. The minimum absolute atomic E-state index is 0.378. The highest BCUT2D eigenvalue weighted by molar-refractivity contribution is 4.84. The lowest BCUT2D eigenvalue weighted by Crippen LogP contribution is -2.57. The molecule has 0 bridgehead atoms. The number of aliphatic hydroxyl groups is 1. The number of hydrogen-bond donors (Lipinski definition) is 2. The second-order valence-corrected chi connectivity index (χ2v) is 2.54. The molecule has 1 aliphatic heterocycles. The number of methoxy groups -OCH3 is 1. The predicted molar refractivity (Wildman–Crippen MR) is 35.4 cm³/mol. The maximum atomic E-state index is 9.41. The highest BCUT2D eigenvalue weighted by Crippen LogP contribution is 2.16. The molecule has 1 fully saturated rings. The van der Waals surface area contributed by atoms with Crippen molar-refractivity contribution >= 4 is 0 Å². The molecule has 60 valence electrons. The fourth-order valence-corrected chi connectivity index (χ4v) is 1.00. The average molecular weight is 147 g/mol. The van der Waals surface area contributed by atoms with Gasteiger partial charge in [0, 0.05) is 13.5 Å². The van der Waals surface area contributed by atoms with E-state index in [-0.39, 0.29) is 6.10 Å². The second kappa shape index (κ2) is 2.84. The highest BCUT2D eigenvalue weighted by atomic mass is 16.5. The Kier molecular flexibility index (Phi) is 2.25. The first-order chi connectivity index (χ1) is 4.67. The van der Waals surface area contributed by atoms with Crippen molar-refractivity contribution in [3.8, 4) is 0 Å². The van der Waals surface area contributed by atoms with E-state index in [1.165, 1.54) is 7.11 Å². The third-order valence-corrected chi connectivity index (χ3v) is 1.76. The molecule has 1 aliphatic rings. The molecule has 2 atom stereocenters. The fraction of sp³-hybridized carbons (Fsp3) is 1.00. The van der Waals surface area contributed by atoms with E-state index >= 15 is 0 Å². The predicted octanol–water partition coefficient (Wildman–Crippen LogP) is -0.931. The Labute approximate surface area is 59.9 Å². The average Bonchev–Trinajstić information content (AvgIpc) is 1.87. The molecular formula is C6H13NO3. The largest absolute Gasteiger partial charge is 0.378 e. The van der Waals surface area contributed by atoms with Crippen LogP contribution in [0.15, 0.2) is 0 Å². The molecule has 1 rings (SSSR count). The van der Waals surface area contributed by atoms with Crippen molar-refractivity contribution < 1.29 is 14.6 Å². The van der Waals surface area contributed by atoms with Crippen molar-refractivity contribution in [3.63, 3.8) is 0 Å².